The molecule has 1 aromatic carbocycles. The number of ether oxygens (including phenoxy) is 1. The van der Waals surface area contributed by atoms with Crippen LogP contribution in [0.3, 0.4) is 0 Å². The number of rotatable bonds is 4. The maximum absolute atomic E-state index is 14.2. The largest absolute Gasteiger partial charge is 0.479 e. The number of halogens is 2. The van der Waals surface area contributed by atoms with Crippen LogP contribution in [0.4, 0.5) is 19.3 Å². The minimum Gasteiger partial charge on any atom is -0.479 e. The summed E-state index contributed by atoms with van der Waals surface area (Å²) in [5.41, 5.74) is 3.43. The Balaban J connectivity index is 1.46. The van der Waals surface area contributed by atoms with E-state index in [0.717, 1.165) is 17.7 Å². The van der Waals surface area contributed by atoms with Crippen molar-refractivity contribution in [3.05, 3.63) is 64.6 Å². The van der Waals surface area contributed by atoms with E-state index in [0.29, 0.717) is 59.8 Å². The number of nitrogens with zero attached hydrogens (tertiary/aromatic N) is 3. The number of fused-ring (bicyclic) bond motifs is 1. The number of carbonyl (C=O) groups is 1. The summed E-state index contributed by atoms with van der Waals surface area (Å²) >= 11 is 0. The Morgan fingerprint density at radius 2 is 1.77 bits per heavy atom. The zero-order valence-corrected chi connectivity index (χ0v) is 22.0. The first-order chi connectivity index (χ1) is 18.5. The molecule has 2 aliphatic rings. The number of hydrogen-bond acceptors (Lipinski definition) is 7. The number of aryl methyl sites for hydroxylation is 1. The molecule has 0 saturated carbocycles. The second-order valence-electron chi connectivity index (χ2n) is 10.8. The van der Waals surface area contributed by atoms with Crippen LogP contribution in [0, 0.1) is 18.6 Å². The van der Waals surface area contributed by atoms with Crippen molar-refractivity contribution in [3.8, 4) is 17.3 Å². The number of amides is 2. The molecule has 3 heterocycles. The quantitative estimate of drug-likeness (QED) is 0.380. The molecule has 0 bridgehead atoms. The van der Waals surface area contributed by atoms with Gasteiger partial charge in [0.1, 0.15) is 0 Å². The summed E-state index contributed by atoms with van der Waals surface area (Å²) < 4.78 is 33.8. The maximum atomic E-state index is 14.2. The number of benzene rings is 1. The van der Waals surface area contributed by atoms with Crippen LogP contribution in [0.5, 0.6) is 6.01 Å². The number of aliphatic hydroxyl groups excluding tert-OH is 1. The second-order valence-corrected chi connectivity index (χ2v) is 10.8. The summed E-state index contributed by atoms with van der Waals surface area (Å²) in [6.45, 7) is 6.65. The van der Waals surface area contributed by atoms with Gasteiger partial charge in [0, 0.05) is 37.1 Å². The average Bonchev–Trinajstić information content (AvgIpc) is 2.89. The predicted octanol–water partition coefficient (Wildman–Crippen LogP) is 4.63. The summed E-state index contributed by atoms with van der Waals surface area (Å²) in [5.74, 6) is -1.99. The molecular weight excluding hydrogens is 508 g/mol. The number of aromatic hydroxyl groups is 1. The Kier molecular flexibility index (Phi) is 7.21. The van der Waals surface area contributed by atoms with Gasteiger partial charge < -0.3 is 25.6 Å². The van der Waals surface area contributed by atoms with Gasteiger partial charge in [0.25, 0.3) is 0 Å². The molecule has 1 saturated heterocycles. The van der Waals surface area contributed by atoms with E-state index in [9.17, 15) is 23.8 Å². The van der Waals surface area contributed by atoms with Gasteiger partial charge in [-0.15, -0.1) is 0 Å². The molecule has 5 rings (SSSR count). The number of pyridine rings is 1. The molecular formula is C28H31F2N5O4. The molecule has 1 fully saturated rings. The van der Waals surface area contributed by atoms with E-state index in [1.807, 2.05) is 26.8 Å². The number of aliphatic hydroxyl groups is 1. The van der Waals surface area contributed by atoms with Gasteiger partial charge in [-0.05, 0) is 66.5 Å². The lowest BCUT2D eigenvalue weighted by atomic mass is 9.69. The highest BCUT2D eigenvalue weighted by molar-refractivity contribution is 5.91. The van der Waals surface area contributed by atoms with Crippen LogP contribution < -0.4 is 10.6 Å². The van der Waals surface area contributed by atoms with Gasteiger partial charge in [0.05, 0.1) is 29.2 Å². The first kappa shape index (κ1) is 26.9. The highest BCUT2D eigenvalue weighted by Crippen LogP contribution is 2.43. The fourth-order valence-corrected chi connectivity index (χ4v) is 5.58. The van der Waals surface area contributed by atoms with Crippen molar-refractivity contribution in [1.29, 1.82) is 0 Å². The Labute approximate surface area is 224 Å². The maximum Gasteiger partial charge on any atom is 0.319 e. The third kappa shape index (κ3) is 5.41. The predicted molar refractivity (Wildman–Crippen MR) is 139 cm³/mol. The monoisotopic (exact) mass is 539 g/mol. The standard InChI is InChI=1S/C28H31F2N5O4/c1-14-8-21(24(15-4-6-39-7-5-15)34-23(14)16-12-31-26(37)32-13-16)33-27(38)35-25-17-9-19(29)20(30)10-18(17)28(2,3)11-22(25)36/h8-10,12-13,15,22,25,36H,4-7,11H2,1-3H3,(H,31,32,37)(H2,33,35,38)/t22-,25?/m1/s1. The van der Waals surface area contributed by atoms with Crippen LogP contribution in [-0.2, 0) is 10.2 Å². The Morgan fingerprint density at radius 1 is 1.10 bits per heavy atom. The Hall–Kier alpha value is -3.70. The Morgan fingerprint density at radius 3 is 2.46 bits per heavy atom. The van der Waals surface area contributed by atoms with Crippen LogP contribution >= 0.6 is 0 Å². The van der Waals surface area contributed by atoms with Crippen LogP contribution in [0.25, 0.3) is 11.3 Å². The number of nitrogens with one attached hydrogen (secondary N) is 2. The fourth-order valence-electron chi connectivity index (χ4n) is 5.58. The van der Waals surface area contributed by atoms with E-state index in [-0.39, 0.29) is 18.3 Å². The Bertz CT molecular complexity index is 1390. The zero-order chi connectivity index (χ0) is 27.9. The zero-order valence-electron chi connectivity index (χ0n) is 22.0. The number of hydrogen-bond donors (Lipinski definition) is 4. The normalized spacial score (nSPS) is 20.8. The van der Waals surface area contributed by atoms with Gasteiger partial charge in [-0.25, -0.2) is 28.5 Å². The van der Waals surface area contributed by atoms with Crippen molar-refractivity contribution in [3.63, 3.8) is 0 Å². The molecule has 1 aliphatic heterocycles. The molecule has 11 heteroatoms. The highest BCUT2D eigenvalue weighted by Gasteiger charge is 2.40. The molecule has 2 aromatic heterocycles. The first-order valence-corrected chi connectivity index (χ1v) is 12.9. The smallest absolute Gasteiger partial charge is 0.319 e. The van der Waals surface area contributed by atoms with Crippen LogP contribution in [0.15, 0.2) is 30.6 Å². The van der Waals surface area contributed by atoms with E-state index in [4.69, 9.17) is 9.72 Å². The molecule has 206 valence electrons. The van der Waals surface area contributed by atoms with Crippen molar-refractivity contribution >= 4 is 11.7 Å². The van der Waals surface area contributed by atoms with Crippen molar-refractivity contribution in [2.24, 2.45) is 0 Å². The van der Waals surface area contributed by atoms with Crippen molar-refractivity contribution in [2.75, 3.05) is 18.5 Å². The third-order valence-corrected chi connectivity index (χ3v) is 7.56. The third-order valence-electron chi connectivity index (χ3n) is 7.56. The summed E-state index contributed by atoms with van der Waals surface area (Å²) in [7, 11) is 0. The fraction of sp³-hybridized carbons (Fsp3) is 0.429. The second kappa shape index (κ2) is 10.5. The van der Waals surface area contributed by atoms with Crippen LogP contribution in [-0.4, -0.2) is 50.5 Å². The molecule has 1 unspecified atom stereocenters. The summed E-state index contributed by atoms with van der Waals surface area (Å²) in [6, 6.07) is 2.12. The number of carbonyl (C=O) groups excluding carboxylic acids is 1. The van der Waals surface area contributed by atoms with Crippen molar-refractivity contribution in [1.82, 2.24) is 20.3 Å². The molecule has 0 radical (unpaired) electrons. The van der Waals surface area contributed by atoms with Gasteiger partial charge in [-0.2, -0.15) is 0 Å². The van der Waals surface area contributed by atoms with E-state index in [1.54, 1.807) is 0 Å². The van der Waals surface area contributed by atoms with E-state index < -0.39 is 35.2 Å². The van der Waals surface area contributed by atoms with E-state index in [2.05, 4.69) is 20.6 Å². The topological polar surface area (TPSA) is 129 Å². The molecule has 0 spiro atoms. The van der Waals surface area contributed by atoms with E-state index >= 15 is 0 Å². The molecule has 9 nitrogen and oxygen atoms in total. The molecule has 2 atom stereocenters. The number of urea groups is 1. The van der Waals surface area contributed by atoms with Crippen LogP contribution in [0.2, 0.25) is 0 Å². The average molecular weight is 540 g/mol. The van der Waals surface area contributed by atoms with Gasteiger partial charge >= 0.3 is 12.0 Å². The highest BCUT2D eigenvalue weighted by atomic mass is 19.2. The van der Waals surface area contributed by atoms with Gasteiger partial charge in [-0.3, -0.25) is 0 Å². The summed E-state index contributed by atoms with van der Waals surface area (Å²) in [6.07, 6.45) is 3.65. The van der Waals surface area contributed by atoms with Gasteiger partial charge in [0.2, 0.25) is 0 Å². The lowest BCUT2D eigenvalue weighted by Crippen LogP contribution is -2.45. The van der Waals surface area contributed by atoms with Crippen molar-refractivity contribution in [2.45, 2.75) is 63.5 Å². The molecule has 4 N–H and O–H groups in total. The lowest BCUT2D eigenvalue weighted by Gasteiger charge is -2.40. The molecule has 1 aliphatic carbocycles. The number of anilines is 1. The summed E-state index contributed by atoms with van der Waals surface area (Å²) in [4.78, 5) is 25.9. The van der Waals surface area contributed by atoms with Crippen LogP contribution in [0.1, 0.15) is 67.5 Å². The van der Waals surface area contributed by atoms with Gasteiger partial charge in [0.15, 0.2) is 11.6 Å². The molecule has 2 amide bonds. The first-order valence-electron chi connectivity index (χ1n) is 12.9. The van der Waals surface area contributed by atoms with E-state index in [1.165, 1.54) is 12.4 Å². The minimum atomic E-state index is -1.04. The molecule has 3 aromatic rings. The van der Waals surface area contributed by atoms with Crippen molar-refractivity contribution < 1.29 is 28.5 Å². The summed E-state index contributed by atoms with van der Waals surface area (Å²) in [5, 5.41) is 26.0. The van der Waals surface area contributed by atoms with Gasteiger partial charge in [-0.1, -0.05) is 13.8 Å². The minimum absolute atomic E-state index is 0.0188. The number of aromatic nitrogens is 3. The SMILES string of the molecule is Cc1cc(NC(=O)NC2c3cc(F)c(F)cc3C(C)(C)C[C@H]2O)c(C2CCOCC2)nc1-c1cnc(O)nc1. The molecule has 39 heavy (non-hydrogen) atoms. The lowest BCUT2D eigenvalue weighted by molar-refractivity contribution is 0.0846.